The number of benzene rings is 1. The molecule has 0 atom stereocenters. The second kappa shape index (κ2) is 5.98. The minimum Gasteiger partial charge on any atom is -0.376 e. The van der Waals surface area contributed by atoms with E-state index in [1.54, 1.807) is 0 Å². The van der Waals surface area contributed by atoms with Crippen LogP contribution in [0.25, 0.3) is 10.1 Å². The van der Waals surface area contributed by atoms with Gasteiger partial charge in [-0.3, -0.25) is 5.32 Å². The molecule has 1 aliphatic heterocycles. The molecular weight excluding hydrogens is 316 g/mol. The molecule has 3 heterocycles. The van der Waals surface area contributed by atoms with Gasteiger partial charge < -0.3 is 14.6 Å². The predicted molar refractivity (Wildman–Crippen MR) is 85.3 cm³/mol. The maximum atomic E-state index is 12.1. The average molecular weight is 330 g/mol. The molecule has 118 valence electrons. The summed E-state index contributed by atoms with van der Waals surface area (Å²) in [6.07, 6.45) is 0.722. The molecule has 8 heteroatoms. The Morgan fingerprint density at radius 3 is 3.22 bits per heavy atom. The molecule has 1 aromatic carbocycles. The normalized spacial score (nSPS) is 13.7. The van der Waals surface area contributed by atoms with E-state index in [1.165, 1.54) is 11.5 Å². The Morgan fingerprint density at radius 2 is 2.26 bits per heavy atom. The fraction of sp³-hybridized carbons (Fsp3) is 0.267. The van der Waals surface area contributed by atoms with Gasteiger partial charge in [-0.05, 0) is 23.7 Å². The number of anilines is 1. The lowest BCUT2D eigenvalue weighted by Gasteiger charge is -2.11. The van der Waals surface area contributed by atoms with Crippen LogP contribution in [0.3, 0.4) is 0 Å². The van der Waals surface area contributed by atoms with Gasteiger partial charge in [0.15, 0.2) is 5.82 Å². The summed E-state index contributed by atoms with van der Waals surface area (Å²) in [5, 5.41) is 10.5. The molecule has 23 heavy (non-hydrogen) atoms. The number of amides is 2. The highest BCUT2D eigenvalue weighted by Crippen LogP contribution is 2.26. The third-order valence-electron chi connectivity index (χ3n) is 3.70. The molecule has 0 bridgehead atoms. The summed E-state index contributed by atoms with van der Waals surface area (Å²) < 4.78 is 16.0. The number of hydrogen-bond donors (Lipinski definition) is 2. The third-order valence-corrected chi connectivity index (χ3v) is 4.52. The van der Waals surface area contributed by atoms with Gasteiger partial charge in [0, 0.05) is 17.4 Å². The molecule has 0 saturated heterocycles. The highest BCUT2D eigenvalue weighted by molar-refractivity contribution is 7.13. The summed E-state index contributed by atoms with van der Waals surface area (Å²) in [5.74, 6) is 1.41. The standard InChI is InChI=1S/C15H14N4O3S/c20-15(17-14-9-3-1-2-4-13(9)23-19-14)16-7-11-10-8-21-6-5-12(10)22-18-11/h1-4H,5-8H2,(H2,16,17,19,20). The zero-order chi connectivity index (χ0) is 15.6. The summed E-state index contributed by atoms with van der Waals surface area (Å²) in [6, 6.07) is 7.44. The number of aromatic nitrogens is 2. The first-order chi connectivity index (χ1) is 11.3. The van der Waals surface area contributed by atoms with Crippen LogP contribution >= 0.6 is 11.5 Å². The van der Waals surface area contributed by atoms with Crippen molar-refractivity contribution < 1.29 is 14.1 Å². The Labute approximate surface area is 135 Å². The molecule has 0 saturated carbocycles. The van der Waals surface area contributed by atoms with Gasteiger partial charge in [-0.2, -0.15) is 4.37 Å². The number of rotatable bonds is 3. The quantitative estimate of drug-likeness (QED) is 0.771. The number of hydrogen-bond acceptors (Lipinski definition) is 6. The van der Waals surface area contributed by atoms with Crippen molar-refractivity contribution in [3.8, 4) is 0 Å². The van der Waals surface area contributed by atoms with Crippen molar-refractivity contribution in [3.63, 3.8) is 0 Å². The van der Waals surface area contributed by atoms with Gasteiger partial charge in [-0.25, -0.2) is 4.79 Å². The molecule has 2 amide bonds. The second-order valence-corrected chi connectivity index (χ2v) is 5.97. The lowest BCUT2D eigenvalue weighted by atomic mass is 10.1. The van der Waals surface area contributed by atoms with Crippen molar-refractivity contribution >= 4 is 33.5 Å². The van der Waals surface area contributed by atoms with E-state index in [9.17, 15) is 4.79 Å². The summed E-state index contributed by atoms with van der Waals surface area (Å²) in [4.78, 5) is 12.1. The van der Waals surface area contributed by atoms with Crippen LogP contribution in [-0.4, -0.2) is 22.2 Å². The monoisotopic (exact) mass is 330 g/mol. The first-order valence-electron chi connectivity index (χ1n) is 7.24. The molecule has 0 spiro atoms. The highest BCUT2D eigenvalue weighted by atomic mass is 32.1. The van der Waals surface area contributed by atoms with Gasteiger partial charge in [0.25, 0.3) is 0 Å². The van der Waals surface area contributed by atoms with Crippen LogP contribution in [0.1, 0.15) is 17.0 Å². The fourth-order valence-electron chi connectivity index (χ4n) is 2.51. The van der Waals surface area contributed by atoms with Gasteiger partial charge >= 0.3 is 6.03 Å². The predicted octanol–water partition coefficient (Wildman–Crippen LogP) is 2.68. The molecule has 2 aromatic heterocycles. The lowest BCUT2D eigenvalue weighted by Crippen LogP contribution is -2.29. The number of ether oxygens (including phenoxy) is 1. The van der Waals surface area contributed by atoms with Crippen LogP contribution in [0, 0.1) is 0 Å². The van der Waals surface area contributed by atoms with Gasteiger partial charge in [0.2, 0.25) is 0 Å². The molecular formula is C15H14N4O3S. The maximum Gasteiger partial charge on any atom is 0.320 e. The molecule has 0 unspecified atom stereocenters. The lowest BCUT2D eigenvalue weighted by molar-refractivity contribution is 0.102. The van der Waals surface area contributed by atoms with E-state index in [-0.39, 0.29) is 12.6 Å². The largest absolute Gasteiger partial charge is 0.376 e. The molecule has 2 N–H and O–H groups in total. The van der Waals surface area contributed by atoms with E-state index in [0.29, 0.717) is 24.7 Å². The summed E-state index contributed by atoms with van der Waals surface area (Å²) >= 11 is 1.35. The number of nitrogens with one attached hydrogen (secondary N) is 2. The fourth-order valence-corrected chi connectivity index (χ4v) is 3.25. The molecule has 7 nitrogen and oxygen atoms in total. The summed E-state index contributed by atoms with van der Waals surface area (Å²) in [5.41, 5.74) is 1.65. The zero-order valence-corrected chi connectivity index (χ0v) is 13.0. The molecule has 0 aliphatic carbocycles. The van der Waals surface area contributed by atoms with Gasteiger partial charge in [-0.15, -0.1) is 0 Å². The molecule has 0 fully saturated rings. The van der Waals surface area contributed by atoms with E-state index >= 15 is 0 Å². The molecule has 1 aliphatic rings. The highest BCUT2D eigenvalue weighted by Gasteiger charge is 2.20. The minimum absolute atomic E-state index is 0.288. The van der Waals surface area contributed by atoms with Gasteiger partial charge in [0.05, 0.1) is 24.5 Å². The maximum absolute atomic E-state index is 12.1. The van der Waals surface area contributed by atoms with E-state index < -0.39 is 0 Å². The van der Waals surface area contributed by atoms with Crippen LogP contribution in [0.2, 0.25) is 0 Å². The first-order valence-corrected chi connectivity index (χ1v) is 8.02. The number of carbonyl (C=O) groups excluding carboxylic acids is 1. The van der Waals surface area contributed by atoms with Crippen molar-refractivity contribution in [1.82, 2.24) is 14.8 Å². The topological polar surface area (TPSA) is 89.3 Å². The van der Waals surface area contributed by atoms with Crippen molar-refractivity contribution in [2.24, 2.45) is 0 Å². The van der Waals surface area contributed by atoms with Crippen molar-refractivity contribution in [2.45, 2.75) is 19.6 Å². The van der Waals surface area contributed by atoms with Crippen LogP contribution in [0.5, 0.6) is 0 Å². The van der Waals surface area contributed by atoms with Gasteiger partial charge in [-0.1, -0.05) is 17.3 Å². The van der Waals surface area contributed by atoms with E-state index in [4.69, 9.17) is 9.26 Å². The van der Waals surface area contributed by atoms with Crippen molar-refractivity contribution in [1.29, 1.82) is 0 Å². The van der Waals surface area contributed by atoms with Crippen LogP contribution in [-0.2, 0) is 24.3 Å². The smallest absolute Gasteiger partial charge is 0.320 e. The van der Waals surface area contributed by atoms with Crippen molar-refractivity contribution in [3.05, 3.63) is 41.3 Å². The zero-order valence-electron chi connectivity index (χ0n) is 12.2. The number of fused-ring (bicyclic) bond motifs is 2. The molecule has 4 rings (SSSR count). The van der Waals surface area contributed by atoms with Crippen LogP contribution in [0.15, 0.2) is 28.8 Å². The average Bonchev–Trinajstić information content (AvgIpc) is 3.18. The van der Waals surface area contributed by atoms with E-state index in [1.807, 2.05) is 24.3 Å². The number of urea groups is 1. The molecule has 3 aromatic rings. The Bertz CT molecular complexity index is 857. The Morgan fingerprint density at radius 1 is 1.35 bits per heavy atom. The third kappa shape index (κ3) is 2.78. The van der Waals surface area contributed by atoms with E-state index in [2.05, 4.69) is 20.2 Å². The molecule has 0 radical (unpaired) electrons. The number of nitrogens with zero attached hydrogens (tertiary/aromatic N) is 2. The van der Waals surface area contributed by atoms with E-state index in [0.717, 1.165) is 27.8 Å². The Kier molecular flexibility index (Phi) is 3.68. The second-order valence-electron chi connectivity index (χ2n) is 5.17. The van der Waals surface area contributed by atoms with Crippen LogP contribution in [0.4, 0.5) is 10.6 Å². The Balaban J connectivity index is 1.42. The summed E-state index contributed by atoms with van der Waals surface area (Å²) in [7, 11) is 0. The van der Waals surface area contributed by atoms with Crippen molar-refractivity contribution in [2.75, 3.05) is 11.9 Å². The SMILES string of the molecule is O=C(NCc1noc2c1COCC2)Nc1nsc2ccccc12. The summed E-state index contributed by atoms with van der Waals surface area (Å²) in [6.45, 7) is 1.41. The van der Waals surface area contributed by atoms with Gasteiger partial charge in [0.1, 0.15) is 11.5 Å². The first kappa shape index (κ1) is 14.2. The van der Waals surface area contributed by atoms with Crippen LogP contribution < -0.4 is 10.6 Å². The minimum atomic E-state index is -0.325. The number of carbonyl (C=O) groups is 1. The Hall–Kier alpha value is -2.45.